The standard InChI is InChI=1S/C15H21BrN2O/c1-14(2)6-8-15(9-7-14,13(17)19)18-12-5-3-4-11(16)10-12/h3-5,10,18H,6-9H2,1-2H3,(H2,17,19). The highest BCUT2D eigenvalue weighted by molar-refractivity contribution is 9.10. The van der Waals surface area contributed by atoms with Crippen LogP contribution in [0.1, 0.15) is 39.5 Å². The van der Waals surface area contributed by atoms with Crippen molar-refractivity contribution in [2.75, 3.05) is 5.32 Å². The van der Waals surface area contributed by atoms with Crippen LogP contribution in [0.5, 0.6) is 0 Å². The fourth-order valence-corrected chi connectivity index (χ4v) is 3.03. The molecule has 1 aromatic carbocycles. The summed E-state index contributed by atoms with van der Waals surface area (Å²) in [4.78, 5) is 11.9. The second kappa shape index (κ2) is 5.16. The smallest absolute Gasteiger partial charge is 0.243 e. The van der Waals surface area contributed by atoms with E-state index < -0.39 is 5.54 Å². The first-order chi connectivity index (χ1) is 8.83. The van der Waals surface area contributed by atoms with Crippen LogP contribution in [0, 0.1) is 5.41 Å². The van der Waals surface area contributed by atoms with Gasteiger partial charge in [0.1, 0.15) is 5.54 Å². The molecule has 1 aliphatic carbocycles. The van der Waals surface area contributed by atoms with Crippen molar-refractivity contribution in [1.82, 2.24) is 0 Å². The topological polar surface area (TPSA) is 55.1 Å². The van der Waals surface area contributed by atoms with E-state index in [1.54, 1.807) is 0 Å². The third-order valence-corrected chi connectivity index (χ3v) is 4.63. The van der Waals surface area contributed by atoms with E-state index in [4.69, 9.17) is 5.73 Å². The van der Waals surface area contributed by atoms with E-state index in [1.165, 1.54) is 0 Å². The van der Waals surface area contributed by atoms with Gasteiger partial charge in [-0.2, -0.15) is 0 Å². The summed E-state index contributed by atoms with van der Waals surface area (Å²) in [5.41, 5.74) is 6.30. The van der Waals surface area contributed by atoms with Gasteiger partial charge in [0.15, 0.2) is 0 Å². The second-order valence-corrected chi connectivity index (χ2v) is 7.16. The van der Waals surface area contributed by atoms with Crippen LogP contribution in [0.15, 0.2) is 28.7 Å². The number of hydrogen-bond donors (Lipinski definition) is 2. The van der Waals surface area contributed by atoms with Gasteiger partial charge in [0.2, 0.25) is 5.91 Å². The minimum absolute atomic E-state index is 0.247. The molecule has 0 spiro atoms. The van der Waals surface area contributed by atoms with E-state index >= 15 is 0 Å². The zero-order valence-corrected chi connectivity index (χ0v) is 13.1. The van der Waals surface area contributed by atoms with E-state index in [1.807, 2.05) is 24.3 Å². The van der Waals surface area contributed by atoms with Crippen molar-refractivity contribution in [3.8, 4) is 0 Å². The third kappa shape index (κ3) is 3.30. The third-order valence-electron chi connectivity index (χ3n) is 4.14. The molecule has 0 bridgehead atoms. The van der Waals surface area contributed by atoms with Crippen LogP contribution in [0.2, 0.25) is 0 Å². The minimum Gasteiger partial charge on any atom is -0.371 e. The molecule has 0 unspecified atom stereocenters. The highest BCUT2D eigenvalue weighted by atomic mass is 79.9. The predicted octanol–water partition coefficient (Wildman–Crippen LogP) is 3.69. The Balaban J connectivity index is 2.20. The maximum atomic E-state index is 11.9. The summed E-state index contributed by atoms with van der Waals surface area (Å²) in [5.74, 6) is -0.247. The molecule has 0 aromatic heterocycles. The van der Waals surface area contributed by atoms with Crippen LogP contribution >= 0.6 is 15.9 Å². The Labute approximate surface area is 123 Å². The van der Waals surface area contributed by atoms with Crippen molar-refractivity contribution in [2.45, 2.75) is 45.1 Å². The summed E-state index contributed by atoms with van der Waals surface area (Å²) < 4.78 is 0.994. The van der Waals surface area contributed by atoms with Gasteiger partial charge in [-0.1, -0.05) is 35.8 Å². The monoisotopic (exact) mass is 324 g/mol. The molecule has 1 aliphatic rings. The van der Waals surface area contributed by atoms with Gasteiger partial charge in [-0.15, -0.1) is 0 Å². The Bertz CT molecular complexity index is 475. The van der Waals surface area contributed by atoms with Gasteiger partial charge in [0.05, 0.1) is 0 Å². The van der Waals surface area contributed by atoms with Crippen molar-refractivity contribution in [3.05, 3.63) is 28.7 Å². The molecule has 3 N–H and O–H groups in total. The lowest BCUT2D eigenvalue weighted by Crippen LogP contribution is -2.53. The number of primary amides is 1. The largest absolute Gasteiger partial charge is 0.371 e. The van der Waals surface area contributed by atoms with Gasteiger partial charge in [-0.25, -0.2) is 0 Å². The van der Waals surface area contributed by atoms with Crippen LogP contribution in [0.25, 0.3) is 0 Å². The molecule has 1 fully saturated rings. The van der Waals surface area contributed by atoms with Gasteiger partial charge < -0.3 is 11.1 Å². The van der Waals surface area contributed by atoms with Crippen LogP contribution in [-0.4, -0.2) is 11.4 Å². The average molecular weight is 325 g/mol. The quantitative estimate of drug-likeness (QED) is 0.890. The summed E-state index contributed by atoms with van der Waals surface area (Å²) in [7, 11) is 0. The van der Waals surface area contributed by atoms with Gasteiger partial charge in [0, 0.05) is 10.2 Å². The lowest BCUT2D eigenvalue weighted by atomic mass is 9.69. The number of rotatable bonds is 3. The first kappa shape index (κ1) is 14.4. The summed E-state index contributed by atoms with van der Waals surface area (Å²) in [5, 5.41) is 3.37. The number of amides is 1. The summed E-state index contributed by atoms with van der Waals surface area (Å²) >= 11 is 3.44. The van der Waals surface area contributed by atoms with Crippen LogP contribution < -0.4 is 11.1 Å². The van der Waals surface area contributed by atoms with Gasteiger partial charge in [-0.3, -0.25) is 4.79 Å². The van der Waals surface area contributed by atoms with Gasteiger partial charge >= 0.3 is 0 Å². The highest BCUT2D eigenvalue weighted by Gasteiger charge is 2.42. The van der Waals surface area contributed by atoms with E-state index in [0.717, 1.165) is 35.8 Å². The SMILES string of the molecule is CC1(C)CCC(Nc2cccc(Br)c2)(C(N)=O)CC1. The van der Waals surface area contributed by atoms with Crippen molar-refractivity contribution in [1.29, 1.82) is 0 Å². The van der Waals surface area contributed by atoms with E-state index in [0.29, 0.717) is 5.41 Å². The Morgan fingerprint density at radius 1 is 1.26 bits per heavy atom. The van der Waals surface area contributed by atoms with E-state index in [2.05, 4.69) is 35.1 Å². The first-order valence-corrected chi connectivity index (χ1v) is 7.46. The average Bonchev–Trinajstić information content (AvgIpc) is 2.32. The van der Waals surface area contributed by atoms with E-state index in [-0.39, 0.29) is 5.91 Å². The lowest BCUT2D eigenvalue weighted by molar-refractivity contribution is -0.124. The van der Waals surface area contributed by atoms with Gasteiger partial charge in [0.25, 0.3) is 0 Å². The molecule has 1 aromatic rings. The number of halogens is 1. The van der Waals surface area contributed by atoms with Crippen LogP contribution in [0.3, 0.4) is 0 Å². The lowest BCUT2D eigenvalue weighted by Gasteiger charge is -2.42. The molecule has 0 heterocycles. The van der Waals surface area contributed by atoms with Crippen LogP contribution in [-0.2, 0) is 4.79 Å². The molecule has 2 rings (SSSR count). The van der Waals surface area contributed by atoms with Crippen molar-refractivity contribution < 1.29 is 4.79 Å². The minimum atomic E-state index is -0.601. The number of benzene rings is 1. The molecule has 3 nitrogen and oxygen atoms in total. The maximum Gasteiger partial charge on any atom is 0.243 e. The zero-order chi connectivity index (χ0) is 14.1. The molecule has 4 heteroatoms. The fraction of sp³-hybridized carbons (Fsp3) is 0.533. The number of nitrogens with two attached hydrogens (primary N) is 1. The number of carbonyl (C=O) groups excluding carboxylic acids is 1. The zero-order valence-electron chi connectivity index (χ0n) is 11.5. The molecular weight excluding hydrogens is 304 g/mol. The summed E-state index contributed by atoms with van der Waals surface area (Å²) in [6, 6.07) is 7.86. The Hall–Kier alpha value is -1.03. The summed E-state index contributed by atoms with van der Waals surface area (Å²) in [6.07, 6.45) is 3.61. The molecule has 0 atom stereocenters. The number of hydrogen-bond acceptors (Lipinski definition) is 2. The van der Waals surface area contributed by atoms with E-state index in [9.17, 15) is 4.79 Å². The number of carbonyl (C=O) groups is 1. The normalized spacial score (nSPS) is 20.8. The molecule has 1 saturated carbocycles. The molecular formula is C15H21BrN2O. The molecule has 0 radical (unpaired) electrons. The fourth-order valence-electron chi connectivity index (χ4n) is 2.63. The molecule has 19 heavy (non-hydrogen) atoms. The highest BCUT2D eigenvalue weighted by Crippen LogP contribution is 2.41. The summed E-state index contributed by atoms with van der Waals surface area (Å²) in [6.45, 7) is 4.49. The first-order valence-electron chi connectivity index (χ1n) is 6.67. The predicted molar refractivity (Wildman–Crippen MR) is 81.9 cm³/mol. The van der Waals surface area contributed by atoms with Crippen LogP contribution in [0.4, 0.5) is 5.69 Å². The Morgan fingerprint density at radius 3 is 2.42 bits per heavy atom. The molecule has 0 saturated heterocycles. The second-order valence-electron chi connectivity index (χ2n) is 6.25. The Morgan fingerprint density at radius 2 is 1.89 bits per heavy atom. The molecule has 0 aliphatic heterocycles. The van der Waals surface area contributed by atoms with Crippen molar-refractivity contribution in [2.24, 2.45) is 11.1 Å². The maximum absolute atomic E-state index is 11.9. The van der Waals surface area contributed by atoms with Crippen molar-refractivity contribution in [3.63, 3.8) is 0 Å². The number of anilines is 1. The number of nitrogens with one attached hydrogen (secondary N) is 1. The van der Waals surface area contributed by atoms with Crippen molar-refractivity contribution >= 4 is 27.5 Å². The van der Waals surface area contributed by atoms with Gasteiger partial charge in [-0.05, 0) is 49.3 Å². The Kier molecular flexibility index (Phi) is 3.90. The molecule has 104 valence electrons. The molecule has 1 amide bonds.